The fraction of sp³-hybridized carbons (Fsp3) is 0.364. The number of pyridine rings is 1. The molecule has 9 heteroatoms. The van der Waals surface area contributed by atoms with Crippen LogP contribution < -0.4 is 0 Å². The van der Waals surface area contributed by atoms with Crippen LogP contribution in [0.15, 0.2) is 23.4 Å². The molecule has 0 aromatic carbocycles. The number of likely N-dealkylation sites (N-methyl/N-ethyl adjacent to an activating group) is 1. The van der Waals surface area contributed by atoms with Crippen molar-refractivity contribution in [1.82, 2.24) is 9.29 Å². The number of carboxylic acid groups (broad SMARTS) is 1. The van der Waals surface area contributed by atoms with Gasteiger partial charge < -0.3 is 9.84 Å². The Morgan fingerprint density at radius 3 is 2.50 bits per heavy atom. The summed E-state index contributed by atoms with van der Waals surface area (Å²) in [5.41, 5.74) is -0.128. The van der Waals surface area contributed by atoms with Crippen molar-refractivity contribution in [1.29, 1.82) is 0 Å². The van der Waals surface area contributed by atoms with Crippen LogP contribution in [-0.2, 0) is 19.6 Å². The summed E-state index contributed by atoms with van der Waals surface area (Å²) in [4.78, 5) is 25.5. The summed E-state index contributed by atoms with van der Waals surface area (Å²) in [5.74, 6) is -1.89. The van der Waals surface area contributed by atoms with Crippen LogP contribution in [0.5, 0.6) is 0 Å². The van der Waals surface area contributed by atoms with Crippen molar-refractivity contribution in [2.45, 2.75) is 11.9 Å². The second kappa shape index (κ2) is 6.44. The van der Waals surface area contributed by atoms with Crippen LogP contribution in [0.25, 0.3) is 0 Å². The maximum atomic E-state index is 12.1. The minimum Gasteiger partial charge on any atom is -0.478 e. The zero-order valence-electron chi connectivity index (χ0n) is 10.9. The van der Waals surface area contributed by atoms with Gasteiger partial charge in [-0.2, -0.15) is 4.31 Å². The minimum absolute atomic E-state index is 0.128. The summed E-state index contributed by atoms with van der Waals surface area (Å²) in [6, 6.07) is 2.20. The number of aromatic nitrogens is 1. The molecule has 0 bridgehead atoms. The van der Waals surface area contributed by atoms with E-state index in [1.807, 2.05) is 0 Å². The second-order valence-electron chi connectivity index (χ2n) is 3.76. The van der Waals surface area contributed by atoms with Crippen molar-refractivity contribution in [2.24, 2.45) is 0 Å². The number of nitrogens with zero attached hydrogens (tertiary/aromatic N) is 2. The van der Waals surface area contributed by atoms with Crippen LogP contribution >= 0.6 is 0 Å². The Bertz CT molecular complexity index is 596. The van der Waals surface area contributed by atoms with E-state index in [2.05, 4.69) is 9.72 Å². The second-order valence-corrected chi connectivity index (χ2v) is 5.75. The highest BCUT2D eigenvalue weighted by Gasteiger charge is 2.25. The number of ether oxygens (including phenoxy) is 1. The number of rotatable bonds is 6. The van der Waals surface area contributed by atoms with Gasteiger partial charge in [-0.15, -0.1) is 0 Å². The molecular formula is C11H14N2O6S. The van der Waals surface area contributed by atoms with Crippen molar-refractivity contribution in [3.63, 3.8) is 0 Å². The van der Waals surface area contributed by atoms with Crippen LogP contribution in [0.1, 0.15) is 17.3 Å². The van der Waals surface area contributed by atoms with Gasteiger partial charge in [0.2, 0.25) is 0 Å². The van der Waals surface area contributed by atoms with Crippen LogP contribution in [0.4, 0.5) is 0 Å². The number of hydrogen-bond donors (Lipinski definition) is 1. The molecule has 0 aliphatic heterocycles. The largest absolute Gasteiger partial charge is 0.478 e. The molecule has 1 aromatic rings. The van der Waals surface area contributed by atoms with Gasteiger partial charge in [0.25, 0.3) is 10.0 Å². The van der Waals surface area contributed by atoms with Gasteiger partial charge in [-0.3, -0.25) is 4.79 Å². The van der Waals surface area contributed by atoms with E-state index < -0.39 is 28.5 Å². The quantitative estimate of drug-likeness (QED) is 0.733. The molecule has 0 unspecified atom stereocenters. The first-order valence-electron chi connectivity index (χ1n) is 5.60. The molecule has 0 fully saturated rings. The predicted molar refractivity (Wildman–Crippen MR) is 67.6 cm³/mol. The summed E-state index contributed by atoms with van der Waals surface area (Å²) in [6.07, 6.45) is 0.938. The third-order valence-electron chi connectivity index (χ3n) is 2.31. The summed E-state index contributed by atoms with van der Waals surface area (Å²) in [6.45, 7) is 1.31. The molecule has 0 aliphatic carbocycles. The van der Waals surface area contributed by atoms with E-state index in [9.17, 15) is 18.0 Å². The topological polar surface area (TPSA) is 114 Å². The highest BCUT2D eigenvalue weighted by atomic mass is 32.2. The fourth-order valence-electron chi connectivity index (χ4n) is 1.29. The molecule has 0 spiro atoms. The molecule has 0 radical (unpaired) electrons. The average molecular weight is 302 g/mol. The van der Waals surface area contributed by atoms with Gasteiger partial charge in [-0.1, -0.05) is 0 Å². The Labute approximate surface area is 116 Å². The minimum atomic E-state index is -3.97. The fourth-order valence-corrected chi connectivity index (χ4v) is 2.31. The van der Waals surface area contributed by atoms with Gasteiger partial charge >= 0.3 is 11.9 Å². The first-order valence-corrected chi connectivity index (χ1v) is 7.04. The van der Waals surface area contributed by atoms with Gasteiger partial charge in [0, 0.05) is 13.2 Å². The Hall–Kier alpha value is -2.00. The summed E-state index contributed by atoms with van der Waals surface area (Å²) < 4.78 is 29.6. The number of esters is 1. The number of aromatic carboxylic acids is 1. The van der Waals surface area contributed by atoms with E-state index in [1.165, 1.54) is 7.05 Å². The van der Waals surface area contributed by atoms with Gasteiger partial charge in [0.15, 0.2) is 5.03 Å². The lowest BCUT2D eigenvalue weighted by molar-refractivity contribution is -0.143. The Morgan fingerprint density at radius 2 is 2.05 bits per heavy atom. The average Bonchev–Trinajstić information content (AvgIpc) is 2.38. The first-order chi connectivity index (χ1) is 9.28. The molecule has 8 nitrogen and oxygen atoms in total. The highest BCUT2D eigenvalue weighted by Crippen LogP contribution is 2.12. The molecule has 110 valence electrons. The normalized spacial score (nSPS) is 11.3. The van der Waals surface area contributed by atoms with Crippen molar-refractivity contribution in [2.75, 3.05) is 20.2 Å². The Balaban J connectivity index is 2.92. The van der Waals surface area contributed by atoms with E-state index in [1.54, 1.807) is 6.92 Å². The molecule has 1 aromatic heterocycles. The van der Waals surface area contributed by atoms with Gasteiger partial charge in [-0.05, 0) is 19.1 Å². The zero-order valence-corrected chi connectivity index (χ0v) is 11.8. The molecule has 20 heavy (non-hydrogen) atoms. The lowest BCUT2D eigenvalue weighted by Crippen LogP contribution is -2.33. The lowest BCUT2D eigenvalue weighted by atomic mass is 10.3. The van der Waals surface area contributed by atoms with E-state index in [0.717, 1.165) is 22.6 Å². The third-order valence-corrected chi connectivity index (χ3v) is 4.03. The predicted octanol–water partition coefficient (Wildman–Crippen LogP) is -0.0366. The van der Waals surface area contributed by atoms with Crippen LogP contribution in [0.3, 0.4) is 0 Å². The van der Waals surface area contributed by atoms with Gasteiger partial charge in [0.1, 0.15) is 6.54 Å². The van der Waals surface area contributed by atoms with Crippen molar-refractivity contribution in [3.05, 3.63) is 23.9 Å². The maximum absolute atomic E-state index is 12.1. The van der Waals surface area contributed by atoms with E-state index >= 15 is 0 Å². The van der Waals surface area contributed by atoms with Crippen molar-refractivity contribution >= 4 is 22.0 Å². The summed E-state index contributed by atoms with van der Waals surface area (Å²) in [7, 11) is -2.76. The third kappa shape index (κ3) is 3.75. The van der Waals surface area contributed by atoms with Crippen molar-refractivity contribution in [3.8, 4) is 0 Å². The van der Waals surface area contributed by atoms with Gasteiger partial charge in [0.05, 0.1) is 12.2 Å². The van der Waals surface area contributed by atoms with E-state index in [0.29, 0.717) is 0 Å². The smallest absolute Gasteiger partial charge is 0.337 e. The van der Waals surface area contributed by atoms with E-state index in [-0.39, 0.29) is 17.2 Å². The summed E-state index contributed by atoms with van der Waals surface area (Å²) >= 11 is 0. The monoisotopic (exact) mass is 302 g/mol. The number of carbonyl (C=O) groups is 2. The number of sulfonamides is 1. The maximum Gasteiger partial charge on any atom is 0.337 e. The Kier molecular flexibility index (Phi) is 5.17. The van der Waals surface area contributed by atoms with Crippen LogP contribution in [-0.4, -0.2) is 55.0 Å². The Morgan fingerprint density at radius 1 is 1.40 bits per heavy atom. The van der Waals surface area contributed by atoms with Crippen LogP contribution in [0.2, 0.25) is 0 Å². The number of carboxylic acids is 1. The van der Waals surface area contributed by atoms with Gasteiger partial charge in [-0.25, -0.2) is 18.2 Å². The number of hydrogen-bond acceptors (Lipinski definition) is 6. The standard InChI is InChI=1S/C11H14N2O6S/c1-3-19-10(14)7-13(2)20(17,18)9-5-4-8(6-12-9)11(15)16/h4-6H,3,7H2,1-2H3,(H,15,16). The van der Waals surface area contributed by atoms with Crippen LogP contribution in [0, 0.1) is 0 Å². The molecule has 0 amide bonds. The first kappa shape index (κ1) is 16.1. The molecular weight excluding hydrogens is 288 g/mol. The SMILES string of the molecule is CCOC(=O)CN(C)S(=O)(=O)c1ccc(C(=O)O)cn1. The lowest BCUT2D eigenvalue weighted by Gasteiger charge is -2.15. The molecule has 0 saturated carbocycles. The number of carbonyl (C=O) groups excluding carboxylic acids is 1. The molecule has 1 rings (SSSR count). The molecule has 0 saturated heterocycles. The molecule has 0 atom stereocenters. The van der Waals surface area contributed by atoms with E-state index in [4.69, 9.17) is 5.11 Å². The van der Waals surface area contributed by atoms with Crippen molar-refractivity contribution < 1.29 is 27.9 Å². The molecule has 1 N–H and O–H groups in total. The summed E-state index contributed by atoms with van der Waals surface area (Å²) in [5, 5.41) is 8.37. The molecule has 1 heterocycles. The molecule has 0 aliphatic rings. The zero-order chi connectivity index (χ0) is 15.3. The highest BCUT2D eigenvalue weighted by molar-refractivity contribution is 7.89.